The zero-order valence-corrected chi connectivity index (χ0v) is 18.9. The van der Waals surface area contributed by atoms with Crippen molar-refractivity contribution in [1.82, 2.24) is 9.71 Å². The summed E-state index contributed by atoms with van der Waals surface area (Å²) in [5.74, 6) is -0.454. The average molecular weight is 473 g/mol. The maximum atomic E-state index is 12.6. The Balaban J connectivity index is 1.35. The molecule has 0 atom stereocenters. The number of esters is 1. The van der Waals surface area contributed by atoms with Gasteiger partial charge in [-0.15, -0.1) is 0 Å². The number of ketones is 1. The van der Waals surface area contributed by atoms with Crippen molar-refractivity contribution in [1.29, 1.82) is 0 Å². The second kappa shape index (κ2) is 9.63. The number of hydrogen-bond donors (Lipinski definition) is 2. The van der Waals surface area contributed by atoms with Gasteiger partial charge in [0, 0.05) is 35.2 Å². The molecule has 10 heteroatoms. The summed E-state index contributed by atoms with van der Waals surface area (Å²) in [6.07, 6.45) is 3.09. The summed E-state index contributed by atoms with van der Waals surface area (Å²) in [6, 6.07) is 9.89. The summed E-state index contributed by atoms with van der Waals surface area (Å²) in [5.41, 5.74) is 2.37. The number of para-hydroxylation sites is 1. The Morgan fingerprint density at radius 1 is 1.12 bits per heavy atom. The largest absolute Gasteiger partial charge is 0.490 e. The van der Waals surface area contributed by atoms with Crippen LogP contribution < -0.4 is 14.2 Å². The van der Waals surface area contributed by atoms with Gasteiger partial charge in [0.05, 0.1) is 18.1 Å². The lowest BCUT2D eigenvalue weighted by Gasteiger charge is -2.11. The summed E-state index contributed by atoms with van der Waals surface area (Å²) in [5, 5.41) is 0.755. The van der Waals surface area contributed by atoms with Gasteiger partial charge in [-0.1, -0.05) is 25.1 Å². The summed E-state index contributed by atoms with van der Waals surface area (Å²) in [7, 11) is -4.00. The van der Waals surface area contributed by atoms with Crippen molar-refractivity contribution in [2.75, 3.05) is 26.4 Å². The molecule has 1 aromatic heterocycles. The minimum absolute atomic E-state index is 0.0684. The number of H-pyrrole nitrogens is 1. The summed E-state index contributed by atoms with van der Waals surface area (Å²) >= 11 is 0. The van der Waals surface area contributed by atoms with Gasteiger partial charge in [0.2, 0.25) is 15.8 Å². The first-order valence-corrected chi connectivity index (χ1v) is 12.0. The average Bonchev–Trinajstić information content (AvgIpc) is 3.12. The molecule has 2 N–H and O–H groups in total. The van der Waals surface area contributed by atoms with E-state index < -0.39 is 29.1 Å². The minimum Gasteiger partial charge on any atom is -0.490 e. The van der Waals surface area contributed by atoms with E-state index in [1.807, 2.05) is 25.1 Å². The van der Waals surface area contributed by atoms with Crippen molar-refractivity contribution in [2.24, 2.45) is 0 Å². The Hall–Kier alpha value is -3.37. The molecule has 0 aliphatic carbocycles. The van der Waals surface area contributed by atoms with Crippen LogP contribution in [-0.4, -0.2) is 51.5 Å². The van der Waals surface area contributed by atoms with E-state index in [0.717, 1.165) is 22.9 Å². The molecule has 174 valence electrons. The predicted octanol–water partition coefficient (Wildman–Crippen LogP) is 2.60. The first kappa shape index (κ1) is 22.8. The van der Waals surface area contributed by atoms with Crippen molar-refractivity contribution < 1.29 is 32.2 Å². The number of nitrogens with one attached hydrogen (secondary N) is 2. The predicted molar refractivity (Wildman–Crippen MR) is 120 cm³/mol. The highest BCUT2D eigenvalue weighted by molar-refractivity contribution is 7.89. The van der Waals surface area contributed by atoms with Gasteiger partial charge in [-0.2, -0.15) is 4.72 Å². The van der Waals surface area contributed by atoms with Crippen molar-refractivity contribution in [3.05, 3.63) is 53.7 Å². The third-order valence-corrected chi connectivity index (χ3v) is 6.68. The lowest BCUT2D eigenvalue weighted by molar-refractivity contribution is -0.141. The number of rotatable bonds is 8. The molecule has 0 fully saturated rings. The number of benzene rings is 2. The Morgan fingerprint density at radius 3 is 2.70 bits per heavy atom. The normalized spacial score (nSPS) is 13.5. The summed E-state index contributed by atoms with van der Waals surface area (Å²) in [4.78, 5) is 27.7. The molecule has 3 aromatic rings. The number of carbonyl (C=O) groups excluding carboxylic acids is 2. The number of sulfonamides is 1. The molecule has 0 radical (unpaired) electrons. The zero-order valence-electron chi connectivity index (χ0n) is 18.1. The molecule has 4 rings (SSSR count). The van der Waals surface area contributed by atoms with E-state index in [1.54, 1.807) is 6.20 Å². The standard InChI is InChI=1S/C23H24N2O7S/c1-2-15-5-3-6-17-18(12-24-23(15)17)19(26)14-32-22(27)13-25-33(28,29)16-7-8-20-21(11-16)31-10-4-9-30-20/h3,5-8,11-12,24-25H,2,4,9-10,13-14H2,1H3. The molecule has 0 saturated heterocycles. The summed E-state index contributed by atoms with van der Waals surface area (Å²) < 4.78 is 43.3. The molecular weight excluding hydrogens is 448 g/mol. The van der Waals surface area contributed by atoms with E-state index >= 15 is 0 Å². The molecule has 0 bridgehead atoms. The Kier molecular flexibility index (Phi) is 6.66. The van der Waals surface area contributed by atoms with Gasteiger partial charge in [0.1, 0.15) is 6.54 Å². The number of aromatic amines is 1. The maximum absolute atomic E-state index is 12.6. The van der Waals surface area contributed by atoms with Crippen molar-refractivity contribution >= 4 is 32.7 Å². The second-order valence-corrected chi connectivity index (χ2v) is 9.23. The Bertz CT molecular complexity index is 1300. The van der Waals surface area contributed by atoms with Crippen LogP contribution in [0.3, 0.4) is 0 Å². The maximum Gasteiger partial charge on any atom is 0.321 e. The van der Waals surface area contributed by atoms with Crippen LogP contribution >= 0.6 is 0 Å². The number of carbonyl (C=O) groups is 2. The molecule has 0 unspecified atom stereocenters. The van der Waals surface area contributed by atoms with Crippen LogP contribution in [0.15, 0.2) is 47.5 Å². The second-order valence-electron chi connectivity index (χ2n) is 7.46. The topological polar surface area (TPSA) is 124 Å². The van der Waals surface area contributed by atoms with Gasteiger partial charge >= 0.3 is 5.97 Å². The molecule has 1 aliphatic heterocycles. The fourth-order valence-electron chi connectivity index (χ4n) is 3.57. The molecular formula is C23H24N2O7S. The zero-order chi connectivity index (χ0) is 23.4. The third-order valence-electron chi connectivity index (χ3n) is 5.28. The van der Waals surface area contributed by atoms with Crippen LogP contribution in [0, 0.1) is 0 Å². The number of ether oxygens (including phenoxy) is 3. The first-order valence-electron chi connectivity index (χ1n) is 10.6. The van der Waals surface area contributed by atoms with Crippen LogP contribution in [0.25, 0.3) is 10.9 Å². The smallest absolute Gasteiger partial charge is 0.321 e. The molecule has 1 aliphatic rings. The van der Waals surface area contributed by atoms with E-state index in [1.165, 1.54) is 18.2 Å². The number of aryl methyl sites for hydroxylation is 1. The Labute approximate surface area is 191 Å². The number of Topliss-reactive ketones (excluding diaryl/α,β-unsaturated/α-hetero) is 1. The molecule has 0 spiro atoms. The number of hydrogen-bond acceptors (Lipinski definition) is 7. The molecule has 2 aromatic carbocycles. The van der Waals surface area contributed by atoms with Crippen molar-refractivity contribution in [3.63, 3.8) is 0 Å². The Morgan fingerprint density at radius 2 is 1.91 bits per heavy atom. The fourth-order valence-corrected chi connectivity index (χ4v) is 4.55. The van der Waals surface area contributed by atoms with Crippen molar-refractivity contribution in [3.8, 4) is 11.5 Å². The fraction of sp³-hybridized carbons (Fsp3) is 0.304. The van der Waals surface area contributed by atoms with Crippen LogP contribution in [0.5, 0.6) is 11.5 Å². The van der Waals surface area contributed by atoms with Crippen LogP contribution in [0.2, 0.25) is 0 Å². The summed E-state index contributed by atoms with van der Waals surface area (Å²) in [6.45, 7) is 1.82. The van der Waals surface area contributed by atoms with Gasteiger partial charge in [-0.25, -0.2) is 8.42 Å². The first-order chi connectivity index (χ1) is 15.9. The highest BCUT2D eigenvalue weighted by atomic mass is 32.2. The van der Waals surface area contributed by atoms with E-state index in [2.05, 4.69) is 9.71 Å². The molecule has 33 heavy (non-hydrogen) atoms. The lowest BCUT2D eigenvalue weighted by atomic mass is 10.1. The molecule has 0 amide bonds. The monoisotopic (exact) mass is 472 g/mol. The highest BCUT2D eigenvalue weighted by Crippen LogP contribution is 2.31. The van der Waals surface area contributed by atoms with E-state index in [0.29, 0.717) is 36.7 Å². The van der Waals surface area contributed by atoms with Crippen LogP contribution in [0.1, 0.15) is 29.3 Å². The van der Waals surface area contributed by atoms with E-state index in [4.69, 9.17) is 14.2 Å². The molecule has 0 saturated carbocycles. The van der Waals surface area contributed by atoms with Gasteiger partial charge < -0.3 is 19.2 Å². The lowest BCUT2D eigenvalue weighted by Crippen LogP contribution is -2.31. The molecule has 9 nitrogen and oxygen atoms in total. The SMILES string of the molecule is CCc1cccc2c(C(=O)COC(=O)CNS(=O)(=O)c3ccc4c(c3)OCCCO4)c[nH]c12. The third kappa shape index (κ3) is 5.01. The number of aromatic nitrogens is 1. The van der Waals surface area contributed by atoms with Crippen LogP contribution in [0.4, 0.5) is 0 Å². The van der Waals surface area contributed by atoms with E-state index in [9.17, 15) is 18.0 Å². The highest BCUT2D eigenvalue weighted by Gasteiger charge is 2.21. The number of fused-ring (bicyclic) bond motifs is 2. The van der Waals surface area contributed by atoms with Crippen LogP contribution in [-0.2, 0) is 26.0 Å². The van der Waals surface area contributed by atoms with Gasteiger partial charge in [-0.05, 0) is 24.1 Å². The van der Waals surface area contributed by atoms with Gasteiger partial charge in [-0.3, -0.25) is 9.59 Å². The van der Waals surface area contributed by atoms with Crippen molar-refractivity contribution in [2.45, 2.75) is 24.7 Å². The minimum atomic E-state index is -4.00. The molecule has 2 heterocycles. The van der Waals surface area contributed by atoms with Gasteiger partial charge in [0.25, 0.3) is 0 Å². The quantitative estimate of drug-likeness (QED) is 0.381. The van der Waals surface area contributed by atoms with E-state index in [-0.39, 0.29) is 10.7 Å². The van der Waals surface area contributed by atoms with Gasteiger partial charge in [0.15, 0.2) is 18.1 Å².